The van der Waals surface area contributed by atoms with Gasteiger partial charge in [0.15, 0.2) is 0 Å². The molecule has 0 spiro atoms. The minimum absolute atomic E-state index is 0.519. The highest BCUT2D eigenvalue weighted by molar-refractivity contribution is 7.99. The summed E-state index contributed by atoms with van der Waals surface area (Å²) in [6, 6.07) is 0.682. The van der Waals surface area contributed by atoms with E-state index in [1.807, 2.05) is 25.6 Å². The molecule has 2 N–H and O–H groups in total. The molecule has 1 saturated heterocycles. The molecule has 0 aliphatic carbocycles. The largest absolute Gasteiger partial charge is 0.390 e. The van der Waals surface area contributed by atoms with Crippen LogP contribution in [-0.4, -0.2) is 34.8 Å². The van der Waals surface area contributed by atoms with Gasteiger partial charge in [0.05, 0.1) is 5.60 Å². The summed E-state index contributed by atoms with van der Waals surface area (Å²) in [5.41, 5.74) is -0.519. The van der Waals surface area contributed by atoms with Crippen molar-refractivity contribution in [2.75, 3.05) is 18.1 Å². The molecule has 1 atom stereocenters. The van der Waals surface area contributed by atoms with Gasteiger partial charge in [-0.1, -0.05) is 0 Å². The highest BCUT2D eigenvalue weighted by Crippen LogP contribution is 2.17. The molecule has 1 heterocycles. The van der Waals surface area contributed by atoms with Crippen LogP contribution in [0, 0.1) is 0 Å². The number of hydrogen-bond acceptors (Lipinski definition) is 3. The van der Waals surface area contributed by atoms with E-state index in [1.165, 1.54) is 24.3 Å². The predicted molar refractivity (Wildman–Crippen MR) is 59.3 cm³/mol. The van der Waals surface area contributed by atoms with Crippen molar-refractivity contribution < 1.29 is 5.11 Å². The number of thioether (sulfide) groups is 1. The van der Waals surface area contributed by atoms with Crippen molar-refractivity contribution in [1.29, 1.82) is 0 Å². The summed E-state index contributed by atoms with van der Waals surface area (Å²) in [5, 5.41) is 13.0. The number of nitrogens with one attached hydrogen (secondary N) is 1. The molecule has 3 heteroatoms. The van der Waals surface area contributed by atoms with Gasteiger partial charge < -0.3 is 10.4 Å². The molecule has 0 amide bonds. The molecule has 78 valence electrons. The normalized spacial score (nSPS) is 24.7. The van der Waals surface area contributed by atoms with Gasteiger partial charge in [0, 0.05) is 11.8 Å². The van der Waals surface area contributed by atoms with E-state index in [0.717, 1.165) is 13.0 Å². The highest BCUT2D eigenvalue weighted by atomic mass is 32.2. The third-order valence-electron chi connectivity index (χ3n) is 2.33. The fourth-order valence-electron chi connectivity index (χ4n) is 1.48. The van der Waals surface area contributed by atoms with E-state index in [2.05, 4.69) is 5.32 Å². The highest BCUT2D eigenvalue weighted by Gasteiger charge is 2.15. The van der Waals surface area contributed by atoms with Gasteiger partial charge >= 0.3 is 0 Å². The van der Waals surface area contributed by atoms with Crippen LogP contribution in [0.4, 0.5) is 0 Å². The topological polar surface area (TPSA) is 32.3 Å². The molecule has 0 aromatic rings. The summed E-state index contributed by atoms with van der Waals surface area (Å²) in [6.45, 7) is 4.67. The minimum Gasteiger partial charge on any atom is -0.390 e. The summed E-state index contributed by atoms with van der Waals surface area (Å²) in [5.74, 6) is 2.57. The van der Waals surface area contributed by atoms with Gasteiger partial charge in [-0.25, -0.2) is 0 Å². The standard InChI is InChI=1S/C10H21NOS/c1-10(2,12)5-6-11-9-4-3-7-13-8-9/h9,11-12H,3-8H2,1-2H3. The van der Waals surface area contributed by atoms with Crippen molar-refractivity contribution in [3.05, 3.63) is 0 Å². The van der Waals surface area contributed by atoms with E-state index in [-0.39, 0.29) is 0 Å². The van der Waals surface area contributed by atoms with Crippen LogP contribution < -0.4 is 5.32 Å². The molecule has 2 nitrogen and oxygen atoms in total. The molecule has 1 fully saturated rings. The van der Waals surface area contributed by atoms with E-state index in [0.29, 0.717) is 6.04 Å². The SMILES string of the molecule is CC(C)(O)CCNC1CCCSC1. The average Bonchev–Trinajstić information content (AvgIpc) is 2.04. The zero-order valence-corrected chi connectivity index (χ0v) is 9.49. The van der Waals surface area contributed by atoms with Gasteiger partial charge in [-0.3, -0.25) is 0 Å². The Hall–Kier alpha value is 0.270. The Bertz CT molecular complexity index is 138. The first-order valence-electron chi connectivity index (χ1n) is 5.11. The maximum Gasteiger partial charge on any atom is 0.0603 e. The fourth-order valence-corrected chi connectivity index (χ4v) is 2.59. The molecule has 1 aliphatic rings. The first-order valence-corrected chi connectivity index (χ1v) is 6.27. The Morgan fingerprint density at radius 3 is 2.85 bits per heavy atom. The van der Waals surface area contributed by atoms with E-state index < -0.39 is 5.60 Å². The van der Waals surface area contributed by atoms with Gasteiger partial charge in [-0.05, 0) is 45.4 Å². The van der Waals surface area contributed by atoms with Gasteiger partial charge in [0.1, 0.15) is 0 Å². The Labute approximate surface area is 85.5 Å². The summed E-state index contributed by atoms with van der Waals surface area (Å²) >= 11 is 2.04. The molecular formula is C10H21NOS. The first kappa shape index (κ1) is 11.3. The van der Waals surface area contributed by atoms with Crippen LogP contribution in [0.15, 0.2) is 0 Å². The van der Waals surface area contributed by atoms with Crippen LogP contribution >= 0.6 is 11.8 Å². The first-order chi connectivity index (χ1) is 6.08. The lowest BCUT2D eigenvalue weighted by Crippen LogP contribution is -2.37. The molecule has 0 aromatic carbocycles. The van der Waals surface area contributed by atoms with Crippen molar-refractivity contribution in [3.8, 4) is 0 Å². The van der Waals surface area contributed by atoms with Gasteiger partial charge in [0.2, 0.25) is 0 Å². The van der Waals surface area contributed by atoms with E-state index >= 15 is 0 Å². The maximum absolute atomic E-state index is 9.50. The molecule has 0 radical (unpaired) electrons. The van der Waals surface area contributed by atoms with Gasteiger partial charge in [0.25, 0.3) is 0 Å². The molecule has 0 saturated carbocycles. The van der Waals surface area contributed by atoms with Crippen LogP contribution in [0.1, 0.15) is 33.1 Å². The second kappa shape index (κ2) is 5.23. The van der Waals surface area contributed by atoms with Crippen LogP contribution in [0.25, 0.3) is 0 Å². The van der Waals surface area contributed by atoms with E-state index in [1.54, 1.807) is 0 Å². The number of rotatable bonds is 4. The third-order valence-corrected chi connectivity index (χ3v) is 3.55. The molecule has 1 aliphatic heterocycles. The van der Waals surface area contributed by atoms with Gasteiger partial charge in [-0.15, -0.1) is 0 Å². The molecule has 0 bridgehead atoms. The second-order valence-electron chi connectivity index (χ2n) is 4.43. The lowest BCUT2D eigenvalue weighted by Gasteiger charge is -2.24. The van der Waals surface area contributed by atoms with Crippen molar-refractivity contribution in [3.63, 3.8) is 0 Å². The Balaban J connectivity index is 2.04. The average molecular weight is 203 g/mol. The predicted octanol–water partition coefficient (Wildman–Crippen LogP) is 1.63. The lowest BCUT2D eigenvalue weighted by molar-refractivity contribution is 0.0705. The molecule has 1 rings (SSSR count). The quantitative estimate of drug-likeness (QED) is 0.728. The zero-order chi connectivity index (χ0) is 9.73. The smallest absolute Gasteiger partial charge is 0.0603 e. The summed E-state index contributed by atoms with van der Waals surface area (Å²) < 4.78 is 0. The van der Waals surface area contributed by atoms with Crippen LogP contribution in [0.3, 0.4) is 0 Å². The van der Waals surface area contributed by atoms with Crippen LogP contribution in [0.5, 0.6) is 0 Å². The number of hydrogen-bond donors (Lipinski definition) is 2. The van der Waals surface area contributed by atoms with Gasteiger partial charge in [-0.2, -0.15) is 11.8 Å². The molecular weight excluding hydrogens is 182 g/mol. The minimum atomic E-state index is -0.519. The molecule has 1 unspecified atom stereocenters. The summed E-state index contributed by atoms with van der Waals surface area (Å²) in [4.78, 5) is 0. The zero-order valence-electron chi connectivity index (χ0n) is 8.68. The lowest BCUT2D eigenvalue weighted by atomic mass is 10.1. The van der Waals surface area contributed by atoms with Crippen molar-refractivity contribution in [2.24, 2.45) is 0 Å². The van der Waals surface area contributed by atoms with E-state index in [9.17, 15) is 5.11 Å². The number of aliphatic hydroxyl groups is 1. The second-order valence-corrected chi connectivity index (χ2v) is 5.58. The van der Waals surface area contributed by atoms with Crippen molar-refractivity contribution in [2.45, 2.75) is 44.8 Å². The maximum atomic E-state index is 9.50. The Kier molecular flexibility index (Phi) is 4.56. The van der Waals surface area contributed by atoms with Crippen LogP contribution in [-0.2, 0) is 0 Å². The summed E-state index contributed by atoms with van der Waals surface area (Å²) in [7, 11) is 0. The van der Waals surface area contributed by atoms with E-state index in [4.69, 9.17) is 0 Å². The summed E-state index contributed by atoms with van der Waals surface area (Å²) in [6.07, 6.45) is 3.48. The van der Waals surface area contributed by atoms with Crippen molar-refractivity contribution in [1.82, 2.24) is 5.32 Å². The Morgan fingerprint density at radius 2 is 2.31 bits per heavy atom. The molecule has 13 heavy (non-hydrogen) atoms. The molecule has 0 aromatic heterocycles. The van der Waals surface area contributed by atoms with Crippen LogP contribution in [0.2, 0.25) is 0 Å². The Morgan fingerprint density at radius 1 is 1.54 bits per heavy atom. The third kappa shape index (κ3) is 5.55. The monoisotopic (exact) mass is 203 g/mol. The van der Waals surface area contributed by atoms with Crippen molar-refractivity contribution >= 4 is 11.8 Å². The fraction of sp³-hybridized carbons (Fsp3) is 1.00.